The van der Waals surface area contributed by atoms with Crippen molar-refractivity contribution in [3.63, 3.8) is 0 Å². The Morgan fingerprint density at radius 1 is 1.27 bits per heavy atom. The quantitative estimate of drug-likeness (QED) is 0.891. The van der Waals surface area contributed by atoms with Crippen molar-refractivity contribution >= 4 is 5.91 Å². The number of rotatable bonds is 6. The first kappa shape index (κ1) is 14.8. The van der Waals surface area contributed by atoms with Crippen LogP contribution in [0.25, 0.3) is 11.3 Å². The van der Waals surface area contributed by atoms with Gasteiger partial charge in [0.2, 0.25) is 5.91 Å². The van der Waals surface area contributed by atoms with Crippen LogP contribution in [0.5, 0.6) is 0 Å². The minimum absolute atomic E-state index is 0.115. The molecule has 1 amide bonds. The normalized spacial score (nSPS) is 15.1. The van der Waals surface area contributed by atoms with Gasteiger partial charge in [-0.05, 0) is 12.8 Å². The fourth-order valence-corrected chi connectivity index (χ4v) is 2.63. The molecule has 3 rings (SSSR count). The molecular formula is C17H20N2O3. The monoisotopic (exact) mass is 300 g/mol. The van der Waals surface area contributed by atoms with Crippen molar-refractivity contribution in [3.05, 3.63) is 42.2 Å². The predicted octanol–water partition coefficient (Wildman–Crippen LogP) is 2.92. The summed E-state index contributed by atoms with van der Waals surface area (Å²) in [5.74, 6) is 0.512. The van der Waals surface area contributed by atoms with E-state index in [1.807, 2.05) is 36.4 Å². The molecule has 1 aromatic carbocycles. The second kappa shape index (κ2) is 7.22. The van der Waals surface area contributed by atoms with E-state index in [2.05, 4.69) is 10.5 Å². The van der Waals surface area contributed by atoms with E-state index in [9.17, 15) is 4.79 Å². The van der Waals surface area contributed by atoms with Gasteiger partial charge < -0.3 is 14.6 Å². The molecule has 116 valence electrons. The maximum atomic E-state index is 11.8. The number of carbonyl (C=O) groups excluding carboxylic acids is 1. The van der Waals surface area contributed by atoms with E-state index in [0.29, 0.717) is 12.3 Å². The third kappa shape index (κ3) is 3.95. The number of aromatic nitrogens is 1. The lowest BCUT2D eigenvalue weighted by atomic mass is 10.1. The number of nitrogens with zero attached hydrogens (tertiary/aromatic N) is 1. The Kier molecular flexibility index (Phi) is 4.85. The van der Waals surface area contributed by atoms with E-state index in [-0.39, 0.29) is 18.6 Å². The molecule has 1 aliphatic carbocycles. The lowest BCUT2D eigenvalue weighted by molar-refractivity contribution is -0.127. The Hall–Kier alpha value is -2.14. The topological polar surface area (TPSA) is 64.4 Å². The highest BCUT2D eigenvalue weighted by molar-refractivity contribution is 5.77. The van der Waals surface area contributed by atoms with Crippen molar-refractivity contribution in [1.82, 2.24) is 10.5 Å². The summed E-state index contributed by atoms with van der Waals surface area (Å²) in [5, 5.41) is 6.81. The number of benzene rings is 1. The molecule has 1 N–H and O–H groups in total. The van der Waals surface area contributed by atoms with Gasteiger partial charge in [-0.3, -0.25) is 4.79 Å². The van der Waals surface area contributed by atoms with Gasteiger partial charge in [-0.1, -0.05) is 48.3 Å². The maximum Gasteiger partial charge on any atom is 0.246 e. The Morgan fingerprint density at radius 2 is 2.05 bits per heavy atom. The molecule has 0 radical (unpaired) electrons. The molecule has 0 spiro atoms. The molecule has 0 unspecified atom stereocenters. The van der Waals surface area contributed by atoms with Crippen LogP contribution >= 0.6 is 0 Å². The Morgan fingerprint density at radius 3 is 2.82 bits per heavy atom. The summed E-state index contributed by atoms with van der Waals surface area (Å²) in [6.07, 6.45) is 4.78. The number of hydrogen-bond acceptors (Lipinski definition) is 4. The SMILES string of the molecule is O=C(COC1CCCC1)NCc1cc(-c2ccccc2)no1. The van der Waals surface area contributed by atoms with E-state index in [1.165, 1.54) is 12.8 Å². The Balaban J connectivity index is 1.45. The van der Waals surface area contributed by atoms with Gasteiger partial charge in [0.1, 0.15) is 12.3 Å². The third-order valence-corrected chi connectivity index (χ3v) is 3.84. The lowest BCUT2D eigenvalue weighted by Gasteiger charge is -2.10. The number of hydrogen-bond donors (Lipinski definition) is 1. The summed E-state index contributed by atoms with van der Waals surface area (Å²) >= 11 is 0. The van der Waals surface area contributed by atoms with Crippen molar-refractivity contribution in [2.75, 3.05) is 6.61 Å². The van der Waals surface area contributed by atoms with Crippen LogP contribution in [0.2, 0.25) is 0 Å². The van der Waals surface area contributed by atoms with E-state index in [1.54, 1.807) is 0 Å². The molecule has 0 bridgehead atoms. The van der Waals surface area contributed by atoms with Crippen molar-refractivity contribution in [3.8, 4) is 11.3 Å². The highest BCUT2D eigenvalue weighted by Gasteiger charge is 2.16. The minimum Gasteiger partial charge on any atom is -0.368 e. The van der Waals surface area contributed by atoms with Crippen LogP contribution in [-0.4, -0.2) is 23.8 Å². The molecule has 1 heterocycles. The molecular weight excluding hydrogens is 280 g/mol. The van der Waals surface area contributed by atoms with E-state index < -0.39 is 0 Å². The standard InChI is InChI=1S/C17H20N2O3/c20-17(12-21-14-8-4-5-9-14)18-11-15-10-16(19-22-15)13-6-2-1-3-7-13/h1-3,6-7,10,14H,4-5,8-9,11-12H2,(H,18,20). The molecule has 5 nitrogen and oxygen atoms in total. The first-order chi connectivity index (χ1) is 10.8. The Labute approximate surface area is 129 Å². The summed E-state index contributed by atoms with van der Waals surface area (Å²) in [5.41, 5.74) is 1.76. The third-order valence-electron chi connectivity index (χ3n) is 3.84. The van der Waals surface area contributed by atoms with Crippen LogP contribution in [0.15, 0.2) is 40.9 Å². The average molecular weight is 300 g/mol. The second-order valence-electron chi connectivity index (χ2n) is 5.54. The zero-order valence-electron chi connectivity index (χ0n) is 12.5. The summed E-state index contributed by atoms with van der Waals surface area (Å²) in [7, 11) is 0. The summed E-state index contributed by atoms with van der Waals surface area (Å²) in [6, 6.07) is 11.6. The lowest BCUT2D eigenvalue weighted by Crippen LogP contribution is -2.28. The molecule has 1 aromatic heterocycles. The van der Waals surface area contributed by atoms with Crippen LogP contribution in [0, 0.1) is 0 Å². The zero-order valence-corrected chi connectivity index (χ0v) is 12.5. The van der Waals surface area contributed by atoms with Crippen LogP contribution in [0.1, 0.15) is 31.4 Å². The fourth-order valence-electron chi connectivity index (χ4n) is 2.63. The van der Waals surface area contributed by atoms with Crippen LogP contribution in [0.4, 0.5) is 0 Å². The molecule has 22 heavy (non-hydrogen) atoms. The molecule has 0 saturated heterocycles. The van der Waals surface area contributed by atoms with E-state index in [0.717, 1.165) is 24.1 Å². The Bertz CT molecular complexity index is 603. The number of amides is 1. The van der Waals surface area contributed by atoms with Crippen molar-refractivity contribution < 1.29 is 14.1 Å². The molecule has 1 saturated carbocycles. The molecule has 0 aliphatic heterocycles. The number of ether oxygens (including phenoxy) is 1. The number of carbonyl (C=O) groups is 1. The minimum atomic E-state index is -0.121. The van der Waals surface area contributed by atoms with Gasteiger partial charge in [-0.2, -0.15) is 0 Å². The molecule has 2 aromatic rings. The fraction of sp³-hybridized carbons (Fsp3) is 0.412. The second-order valence-corrected chi connectivity index (χ2v) is 5.54. The largest absolute Gasteiger partial charge is 0.368 e. The van der Waals surface area contributed by atoms with Crippen molar-refractivity contribution in [2.45, 2.75) is 38.3 Å². The predicted molar refractivity (Wildman–Crippen MR) is 82.0 cm³/mol. The summed E-state index contributed by atoms with van der Waals surface area (Å²) in [4.78, 5) is 11.8. The van der Waals surface area contributed by atoms with Crippen LogP contribution in [0.3, 0.4) is 0 Å². The zero-order chi connectivity index (χ0) is 15.2. The van der Waals surface area contributed by atoms with Crippen LogP contribution < -0.4 is 5.32 Å². The van der Waals surface area contributed by atoms with Crippen molar-refractivity contribution in [2.24, 2.45) is 0 Å². The first-order valence-corrected chi connectivity index (χ1v) is 7.70. The van der Waals surface area contributed by atoms with Gasteiger partial charge >= 0.3 is 0 Å². The maximum absolute atomic E-state index is 11.8. The molecule has 1 aliphatic rings. The van der Waals surface area contributed by atoms with E-state index in [4.69, 9.17) is 9.26 Å². The van der Waals surface area contributed by atoms with Crippen molar-refractivity contribution in [1.29, 1.82) is 0 Å². The van der Waals surface area contributed by atoms with Gasteiger partial charge in [-0.25, -0.2) is 0 Å². The van der Waals surface area contributed by atoms with Gasteiger partial charge in [0, 0.05) is 11.6 Å². The highest BCUT2D eigenvalue weighted by Crippen LogP contribution is 2.20. The number of nitrogens with one attached hydrogen (secondary N) is 1. The van der Waals surface area contributed by atoms with Gasteiger partial charge in [0.25, 0.3) is 0 Å². The summed E-state index contributed by atoms with van der Waals surface area (Å²) in [6.45, 7) is 0.442. The molecule has 1 fully saturated rings. The first-order valence-electron chi connectivity index (χ1n) is 7.70. The van der Waals surface area contributed by atoms with Gasteiger partial charge in [-0.15, -0.1) is 0 Å². The van der Waals surface area contributed by atoms with Crippen LogP contribution in [-0.2, 0) is 16.1 Å². The van der Waals surface area contributed by atoms with Gasteiger partial charge in [0.15, 0.2) is 5.76 Å². The smallest absolute Gasteiger partial charge is 0.246 e. The van der Waals surface area contributed by atoms with Gasteiger partial charge in [0.05, 0.1) is 12.6 Å². The summed E-state index contributed by atoms with van der Waals surface area (Å²) < 4.78 is 10.8. The van der Waals surface area contributed by atoms with E-state index >= 15 is 0 Å². The highest BCUT2D eigenvalue weighted by atomic mass is 16.5. The average Bonchev–Trinajstić information content (AvgIpc) is 3.23. The molecule has 5 heteroatoms. The molecule has 0 atom stereocenters.